The highest BCUT2D eigenvalue weighted by Crippen LogP contribution is 2.36. The van der Waals surface area contributed by atoms with Gasteiger partial charge in [0.25, 0.3) is 5.91 Å². The lowest BCUT2D eigenvalue weighted by Crippen LogP contribution is -2.30. The maximum atomic E-state index is 15.1. The Hall–Kier alpha value is -3.45. The lowest BCUT2D eigenvalue weighted by Gasteiger charge is -2.21. The summed E-state index contributed by atoms with van der Waals surface area (Å²) in [5, 5.41) is 11.1. The number of benzene rings is 2. The molecule has 10 nitrogen and oxygen atoms in total. The third kappa shape index (κ3) is 4.73. The quantitative estimate of drug-likeness (QED) is 0.503. The Kier molecular flexibility index (Phi) is 6.10. The zero-order valence-corrected chi connectivity index (χ0v) is 18.4. The highest BCUT2D eigenvalue weighted by molar-refractivity contribution is 7.92. The Morgan fingerprint density at radius 3 is 2.66 bits per heavy atom. The molecule has 2 heterocycles. The number of halogens is 1. The molecule has 1 aliphatic heterocycles. The largest absolute Gasteiger partial charge is 0.497 e. The Morgan fingerprint density at radius 2 is 2.03 bits per heavy atom. The zero-order chi connectivity index (χ0) is 22.7. The second kappa shape index (κ2) is 8.96. The van der Waals surface area contributed by atoms with Gasteiger partial charge in [0.15, 0.2) is 5.82 Å². The van der Waals surface area contributed by atoms with Gasteiger partial charge in [-0.15, -0.1) is 10.2 Å². The van der Waals surface area contributed by atoms with Crippen LogP contribution in [0.15, 0.2) is 41.9 Å². The number of aromatic nitrogens is 2. The smallest absolute Gasteiger partial charge is 0.326 e. The topological polar surface area (TPSA) is 123 Å². The molecule has 1 aliphatic rings. The number of amides is 1. The fourth-order valence-corrected chi connectivity index (χ4v) is 4.65. The van der Waals surface area contributed by atoms with E-state index in [1.165, 1.54) is 23.5 Å². The van der Waals surface area contributed by atoms with Crippen molar-refractivity contribution in [1.82, 2.24) is 14.9 Å². The summed E-state index contributed by atoms with van der Waals surface area (Å²) in [7, 11) is -2.67. The molecule has 4 rings (SSSR count). The summed E-state index contributed by atoms with van der Waals surface area (Å²) in [4.78, 5) is 11.7. The number of rotatable bonds is 8. The van der Waals surface area contributed by atoms with E-state index in [1.807, 2.05) is 4.72 Å². The standard InChI is InChI=1S/C19H18FN5O5S2/c1-29-14-4-2-12(3-5-14)10-30-16-7-13(8-21-19-23-22-11-31-19)6-15(20)18(16)25-9-17(26)24-32(25,27)28/h2-7,11H,8-10H2,1H3,(H,21,23)(H,24,26). The molecule has 1 fully saturated rings. The molecule has 3 aromatic rings. The van der Waals surface area contributed by atoms with Gasteiger partial charge in [-0.3, -0.25) is 4.79 Å². The first kappa shape index (κ1) is 21.8. The number of carbonyl (C=O) groups excluding carboxylic acids is 1. The molecule has 2 aromatic carbocycles. The van der Waals surface area contributed by atoms with Crippen LogP contribution in [0.2, 0.25) is 0 Å². The molecule has 0 radical (unpaired) electrons. The van der Waals surface area contributed by atoms with Gasteiger partial charge in [-0.05, 0) is 35.4 Å². The summed E-state index contributed by atoms with van der Waals surface area (Å²) >= 11 is 1.28. The van der Waals surface area contributed by atoms with Crippen LogP contribution in [0, 0.1) is 5.82 Å². The molecule has 1 amide bonds. The van der Waals surface area contributed by atoms with Crippen LogP contribution in [-0.2, 0) is 28.2 Å². The molecule has 0 atom stereocenters. The molecule has 13 heteroatoms. The summed E-state index contributed by atoms with van der Waals surface area (Å²) in [5.74, 6) is -0.952. The molecule has 1 saturated heterocycles. The fourth-order valence-electron chi connectivity index (χ4n) is 3.04. The predicted molar refractivity (Wildman–Crippen MR) is 115 cm³/mol. The van der Waals surface area contributed by atoms with E-state index in [0.29, 0.717) is 20.7 Å². The van der Waals surface area contributed by atoms with E-state index < -0.39 is 28.5 Å². The highest BCUT2D eigenvalue weighted by atomic mass is 32.2. The van der Waals surface area contributed by atoms with Gasteiger partial charge >= 0.3 is 10.2 Å². The second-order valence-electron chi connectivity index (χ2n) is 6.70. The van der Waals surface area contributed by atoms with Crippen molar-refractivity contribution in [2.75, 3.05) is 23.3 Å². The van der Waals surface area contributed by atoms with Crippen LogP contribution in [-0.4, -0.2) is 38.2 Å². The highest BCUT2D eigenvalue weighted by Gasteiger charge is 2.37. The molecule has 0 aliphatic carbocycles. The second-order valence-corrected chi connectivity index (χ2v) is 9.12. The number of carbonyl (C=O) groups is 1. The van der Waals surface area contributed by atoms with Crippen LogP contribution < -0.4 is 23.8 Å². The predicted octanol–water partition coefficient (Wildman–Crippen LogP) is 2.06. The monoisotopic (exact) mass is 479 g/mol. The number of methoxy groups -OCH3 is 1. The first-order valence-electron chi connectivity index (χ1n) is 9.27. The van der Waals surface area contributed by atoms with Crippen LogP contribution in [0.3, 0.4) is 0 Å². The normalized spacial score (nSPS) is 14.8. The maximum Gasteiger partial charge on any atom is 0.326 e. The molecule has 32 heavy (non-hydrogen) atoms. The number of anilines is 2. The third-order valence-electron chi connectivity index (χ3n) is 4.51. The van der Waals surface area contributed by atoms with Gasteiger partial charge in [0.1, 0.15) is 35.8 Å². The minimum absolute atomic E-state index is 0.0186. The van der Waals surface area contributed by atoms with Crippen molar-refractivity contribution in [3.63, 3.8) is 0 Å². The Labute approximate surface area is 187 Å². The van der Waals surface area contributed by atoms with E-state index in [4.69, 9.17) is 9.47 Å². The summed E-state index contributed by atoms with van der Waals surface area (Å²) in [5.41, 5.74) is 2.46. The van der Waals surface area contributed by atoms with Crippen LogP contribution in [0.4, 0.5) is 15.2 Å². The van der Waals surface area contributed by atoms with Crippen molar-refractivity contribution < 1.29 is 27.1 Å². The van der Waals surface area contributed by atoms with Crippen LogP contribution in [0.1, 0.15) is 11.1 Å². The van der Waals surface area contributed by atoms with E-state index >= 15 is 4.39 Å². The molecule has 1 aromatic heterocycles. The Bertz CT molecular complexity index is 1220. The van der Waals surface area contributed by atoms with Gasteiger partial charge in [-0.25, -0.2) is 13.4 Å². The summed E-state index contributed by atoms with van der Waals surface area (Å²) in [6, 6.07) is 9.74. The number of hydrogen-bond acceptors (Lipinski definition) is 9. The number of hydrogen-bond donors (Lipinski definition) is 2. The van der Waals surface area contributed by atoms with Crippen LogP contribution in [0.5, 0.6) is 11.5 Å². The summed E-state index contributed by atoms with van der Waals surface area (Å²) < 4.78 is 53.2. The van der Waals surface area contributed by atoms with Crippen molar-refractivity contribution in [2.45, 2.75) is 13.2 Å². The average Bonchev–Trinajstić information content (AvgIpc) is 3.37. The van der Waals surface area contributed by atoms with Gasteiger partial charge in [0.2, 0.25) is 5.13 Å². The lowest BCUT2D eigenvalue weighted by molar-refractivity contribution is -0.117. The molecule has 0 bridgehead atoms. The molecule has 0 unspecified atom stereocenters. The van der Waals surface area contributed by atoms with Gasteiger partial charge < -0.3 is 14.8 Å². The third-order valence-corrected chi connectivity index (χ3v) is 6.54. The van der Waals surface area contributed by atoms with E-state index in [0.717, 1.165) is 5.56 Å². The minimum atomic E-state index is -4.22. The van der Waals surface area contributed by atoms with Gasteiger partial charge in [-0.1, -0.05) is 23.5 Å². The molecular formula is C19H18FN5O5S2. The van der Waals surface area contributed by atoms with Crippen LogP contribution >= 0.6 is 11.3 Å². The van der Waals surface area contributed by atoms with Gasteiger partial charge in [-0.2, -0.15) is 8.42 Å². The van der Waals surface area contributed by atoms with Gasteiger partial charge in [0, 0.05) is 6.54 Å². The van der Waals surface area contributed by atoms with Gasteiger partial charge in [0.05, 0.1) is 7.11 Å². The number of nitrogens with one attached hydrogen (secondary N) is 2. The van der Waals surface area contributed by atoms with E-state index in [2.05, 4.69) is 15.5 Å². The SMILES string of the molecule is COc1ccc(COc2cc(CNc3nncs3)cc(F)c2N2CC(=O)NS2(=O)=O)cc1. The fraction of sp³-hybridized carbons (Fsp3) is 0.211. The lowest BCUT2D eigenvalue weighted by atomic mass is 10.1. The number of ether oxygens (including phenoxy) is 2. The van der Waals surface area contributed by atoms with Crippen molar-refractivity contribution in [2.24, 2.45) is 0 Å². The van der Waals surface area contributed by atoms with Crippen molar-refractivity contribution in [1.29, 1.82) is 0 Å². The summed E-state index contributed by atoms with van der Waals surface area (Å²) in [6.45, 7) is -0.297. The van der Waals surface area contributed by atoms with Crippen molar-refractivity contribution >= 4 is 38.3 Å². The van der Waals surface area contributed by atoms with Crippen LogP contribution in [0.25, 0.3) is 0 Å². The van der Waals surface area contributed by atoms with Crippen molar-refractivity contribution in [3.05, 3.63) is 58.9 Å². The van der Waals surface area contributed by atoms with E-state index in [-0.39, 0.29) is 24.6 Å². The Balaban J connectivity index is 1.64. The van der Waals surface area contributed by atoms with E-state index in [9.17, 15) is 13.2 Å². The molecule has 0 spiro atoms. The summed E-state index contributed by atoms with van der Waals surface area (Å²) in [6.07, 6.45) is 0. The molecular weight excluding hydrogens is 461 g/mol. The first-order chi connectivity index (χ1) is 15.4. The van der Waals surface area contributed by atoms with E-state index in [1.54, 1.807) is 36.9 Å². The minimum Gasteiger partial charge on any atom is -0.497 e. The molecule has 2 N–H and O–H groups in total. The first-order valence-corrected chi connectivity index (χ1v) is 11.6. The van der Waals surface area contributed by atoms with Crippen molar-refractivity contribution in [3.8, 4) is 11.5 Å². The molecule has 168 valence electrons. The molecule has 0 saturated carbocycles. The maximum absolute atomic E-state index is 15.1. The Morgan fingerprint density at radius 1 is 1.25 bits per heavy atom. The number of nitrogens with zero attached hydrogens (tertiary/aromatic N) is 3. The average molecular weight is 480 g/mol. The zero-order valence-electron chi connectivity index (χ0n) is 16.7.